The summed E-state index contributed by atoms with van der Waals surface area (Å²) in [6, 6.07) is 4.57. The number of carboxylic acid groups (broad SMARTS) is 1. The second-order valence-corrected chi connectivity index (χ2v) is 6.62. The first kappa shape index (κ1) is 17.9. The van der Waals surface area contributed by atoms with Gasteiger partial charge in [0.15, 0.2) is 0 Å². The lowest BCUT2D eigenvalue weighted by molar-refractivity contribution is 0.0275. The molecule has 1 saturated heterocycles. The summed E-state index contributed by atoms with van der Waals surface area (Å²) in [4.78, 5) is 24.7. The van der Waals surface area contributed by atoms with Gasteiger partial charge in [-0.25, -0.2) is 9.59 Å². The lowest BCUT2D eigenvalue weighted by Gasteiger charge is -2.24. The van der Waals surface area contributed by atoms with Crippen molar-refractivity contribution in [3.05, 3.63) is 23.8 Å². The Bertz CT molecular complexity index is 622. The van der Waals surface area contributed by atoms with Crippen molar-refractivity contribution in [2.75, 3.05) is 20.2 Å². The quantitative estimate of drug-likeness (QED) is 0.909. The van der Waals surface area contributed by atoms with Crippen molar-refractivity contribution < 1.29 is 28.9 Å². The van der Waals surface area contributed by atoms with E-state index in [0.29, 0.717) is 25.3 Å². The zero-order valence-electron chi connectivity index (χ0n) is 14.4. The Balaban J connectivity index is 1.98. The molecule has 1 fully saturated rings. The molecule has 1 aliphatic rings. The molecule has 1 heterocycles. The lowest BCUT2D eigenvalue weighted by atomic mass is 10.2. The van der Waals surface area contributed by atoms with Crippen LogP contribution in [0.1, 0.15) is 37.6 Å². The summed E-state index contributed by atoms with van der Waals surface area (Å²) >= 11 is 0. The molecule has 132 valence electrons. The number of aromatic carboxylic acids is 1. The van der Waals surface area contributed by atoms with E-state index in [0.717, 1.165) is 0 Å². The summed E-state index contributed by atoms with van der Waals surface area (Å²) < 4.78 is 16.3. The van der Waals surface area contributed by atoms with E-state index in [1.54, 1.807) is 17.0 Å². The Morgan fingerprint density at radius 2 is 2.00 bits per heavy atom. The number of hydrogen-bond donors (Lipinski definition) is 1. The molecule has 0 spiro atoms. The van der Waals surface area contributed by atoms with Gasteiger partial charge in [-0.3, -0.25) is 0 Å². The molecule has 0 aromatic heterocycles. The number of nitrogens with zero attached hydrogens (tertiary/aromatic N) is 1. The van der Waals surface area contributed by atoms with Crippen molar-refractivity contribution in [2.24, 2.45) is 0 Å². The normalized spacial score (nSPS) is 17.5. The predicted molar refractivity (Wildman–Crippen MR) is 86.8 cm³/mol. The zero-order chi connectivity index (χ0) is 17.9. The van der Waals surface area contributed by atoms with E-state index >= 15 is 0 Å². The van der Waals surface area contributed by atoms with E-state index in [9.17, 15) is 9.59 Å². The van der Waals surface area contributed by atoms with Gasteiger partial charge in [-0.15, -0.1) is 0 Å². The van der Waals surface area contributed by atoms with Gasteiger partial charge < -0.3 is 24.2 Å². The van der Waals surface area contributed by atoms with Crippen LogP contribution in [0.3, 0.4) is 0 Å². The Morgan fingerprint density at radius 1 is 1.29 bits per heavy atom. The van der Waals surface area contributed by atoms with Gasteiger partial charge in [0.1, 0.15) is 28.8 Å². The fourth-order valence-electron chi connectivity index (χ4n) is 2.43. The molecule has 1 atom stereocenters. The van der Waals surface area contributed by atoms with Crippen LogP contribution in [0.25, 0.3) is 0 Å². The van der Waals surface area contributed by atoms with Gasteiger partial charge in [-0.2, -0.15) is 0 Å². The first-order valence-electron chi connectivity index (χ1n) is 7.75. The number of benzene rings is 1. The highest BCUT2D eigenvalue weighted by atomic mass is 16.6. The van der Waals surface area contributed by atoms with Crippen LogP contribution in [0, 0.1) is 0 Å². The van der Waals surface area contributed by atoms with Crippen molar-refractivity contribution in [3.8, 4) is 11.5 Å². The number of carboxylic acids is 1. The molecular formula is C17H23NO6. The van der Waals surface area contributed by atoms with E-state index in [2.05, 4.69) is 0 Å². The van der Waals surface area contributed by atoms with Crippen LogP contribution in [-0.4, -0.2) is 54.0 Å². The van der Waals surface area contributed by atoms with Crippen LogP contribution in [-0.2, 0) is 4.74 Å². The van der Waals surface area contributed by atoms with E-state index < -0.39 is 11.6 Å². The molecule has 0 saturated carbocycles. The number of carbonyl (C=O) groups excluding carboxylic acids is 1. The Labute approximate surface area is 141 Å². The number of carbonyl (C=O) groups is 2. The summed E-state index contributed by atoms with van der Waals surface area (Å²) in [7, 11) is 1.41. The van der Waals surface area contributed by atoms with Gasteiger partial charge in [-0.1, -0.05) is 0 Å². The zero-order valence-corrected chi connectivity index (χ0v) is 14.4. The lowest BCUT2D eigenvalue weighted by Crippen LogP contribution is -2.36. The number of ether oxygens (including phenoxy) is 3. The predicted octanol–water partition coefficient (Wildman–Crippen LogP) is 2.78. The molecule has 7 heteroatoms. The van der Waals surface area contributed by atoms with Crippen molar-refractivity contribution in [3.63, 3.8) is 0 Å². The topological polar surface area (TPSA) is 85.3 Å². The molecule has 24 heavy (non-hydrogen) atoms. The molecule has 7 nitrogen and oxygen atoms in total. The average Bonchev–Trinajstić information content (AvgIpc) is 2.93. The van der Waals surface area contributed by atoms with Gasteiger partial charge in [-0.05, 0) is 32.9 Å². The minimum atomic E-state index is -1.06. The number of hydrogen-bond acceptors (Lipinski definition) is 5. The fraction of sp³-hybridized carbons (Fsp3) is 0.529. The molecular weight excluding hydrogens is 314 g/mol. The van der Waals surface area contributed by atoms with Crippen molar-refractivity contribution >= 4 is 12.1 Å². The second kappa shape index (κ2) is 6.98. The van der Waals surface area contributed by atoms with Crippen molar-refractivity contribution in [1.29, 1.82) is 0 Å². The number of likely N-dealkylation sites (tertiary alicyclic amines) is 1. The van der Waals surface area contributed by atoms with Crippen LogP contribution in [0.4, 0.5) is 4.79 Å². The first-order valence-corrected chi connectivity index (χ1v) is 7.75. The highest BCUT2D eigenvalue weighted by molar-refractivity contribution is 5.91. The molecule has 0 radical (unpaired) electrons. The molecule has 1 amide bonds. The first-order chi connectivity index (χ1) is 11.2. The summed E-state index contributed by atoms with van der Waals surface area (Å²) in [5.74, 6) is -0.315. The molecule has 1 aliphatic heterocycles. The smallest absolute Gasteiger partial charge is 0.410 e. The Morgan fingerprint density at radius 3 is 2.58 bits per heavy atom. The third-order valence-electron chi connectivity index (χ3n) is 3.50. The molecule has 1 N–H and O–H groups in total. The third-order valence-corrected chi connectivity index (χ3v) is 3.50. The van der Waals surface area contributed by atoms with Crippen molar-refractivity contribution in [1.82, 2.24) is 4.90 Å². The highest BCUT2D eigenvalue weighted by Crippen LogP contribution is 2.27. The van der Waals surface area contributed by atoms with E-state index in [1.807, 2.05) is 20.8 Å². The number of rotatable bonds is 4. The van der Waals surface area contributed by atoms with Gasteiger partial charge in [0.05, 0.1) is 13.7 Å². The highest BCUT2D eigenvalue weighted by Gasteiger charge is 2.31. The number of methoxy groups -OCH3 is 1. The Kier molecular flexibility index (Phi) is 5.21. The molecule has 0 bridgehead atoms. The van der Waals surface area contributed by atoms with E-state index in [-0.39, 0.29) is 23.5 Å². The van der Waals surface area contributed by atoms with Gasteiger partial charge in [0.25, 0.3) is 0 Å². The second-order valence-electron chi connectivity index (χ2n) is 6.62. The maximum atomic E-state index is 12.0. The van der Waals surface area contributed by atoms with Crippen LogP contribution in [0.5, 0.6) is 11.5 Å². The summed E-state index contributed by atoms with van der Waals surface area (Å²) in [6.07, 6.45) is 0.160. The van der Waals surface area contributed by atoms with E-state index in [4.69, 9.17) is 19.3 Å². The molecule has 1 aromatic carbocycles. The minimum absolute atomic E-state index is 0.0756. The van der Waals surface area contributed by atoms with Gasteiger partial charge >= 0.3 is 12.1 Å². The largest absolute Gasteiger partial charge is 0.496 e. The molecule has 0 aliphatic carbocycles. The Hall–Kier alpha value is -2.44. The molecule has 1 unspecified atom stereocenters. The van der Waals surface area contributed by atoms with Crippen LogP contribution in [0.15, 0.2) is 18.2 Å². The van der Waals surface area contributed by atoms with Crippen LogP contribution < -0.4 is 9.47 Å². The van der Waals surface area contributed by atoms with Crippen molar-refractivity contribution in [2.45, 2.75) is 38.9 Å². The number of amides is 1. The molecule has 1 aromatic rings. The maximum Gasteiger partial charge on any atom is 0.410 e. The monoisotopic (exact) mass is 337 g/mol. The summed E-state index contributed by atoms with van der Waals surface area (Å²) in [5, 5.41) is 9.08. The maximum absolute atomic E-state index is 12.0. The standard InChI is InChI=1S/C17H23NO6/c1-17(2,3)24-16(21)18-8-7-12(10-18)23-11-5-6-13(15(19)20)14(9-11)22-4/h5-6,9,12H,7-8,10H2,1-4H3,(H,19,20). The van der Waals surface area contributed by atoms with Gasteiger partial charge in [0.2, 0.25) is 0 Å². The fourth-order valence-corrected chi connectivity index (χ4v) is 2.43. The average molecular weight is 337 g/mol. The minimum Gasteiger partial charge on any atom is -0.496 e. The summed E-state index contributed by atoms with van der Waals surface area (Å²) in [5.41, 5.74) is -0.456. The van der Waals surface area contributed by atoms with Gasteiger partial charge in [0, 0.05) is 19.0 Å². The molecule has 2 rings (SSSR count). The van der Waals surface area contributed by atoms with Crippen LogP contribution in [0.2, 0.25) is 0 Å². The SMILES string of the molecule is COc1cc(OC2CCN(C(=O)OC(C)(C)C)C2)ccc1C(=O)O. The third kappa shape index (κ3) is 4.53. The van der Waals surface area contributed by atoms with Crippen LogP contribution >= 0.6 is 0 Å². The van der Waals surface area contributed by atoms with E-state index in [1.165, 1.54) is 13.2 Å². The summed E-state index contributed by atoms with van der Waals surface area (Å²) in [6.45, 7) is 6.46.